The normalized spacial score (nSPS) is 11.4. The molecule has 136 valence electrons. The lowest BCUT2D eigenvalue weighted by molar-refractivity contribution is 1.12. The monoisotopic (exact) mass is 370 g/mol. The fourth-order valence-corrected chi connectivity index (χ4v) is 4.27. The first-order valence-corrected chi connectivity index (χ1v) is 9.84. The van der Waals surface area contributed by atoms with Crippen molar-refractivity contribution in [2.24, 2.45) is 0 Å². The van der Waals surface area contributed by atoms with Crippen molar-refractivity contribution in [1.82, 2.24) is 9.55 Å². The first-order valence-electron chi connectivity index (χ1n) is 9.84. The highest BCUT2D eigenvalue weighted by molar-refractivity contribution is 5.99. The van der Waals surface area contributed by atoms with Gasteiger partial charge in [0.1, 0.15) is 5.82 Å². The van der Waals surface area contributed by atoms with Gasteiger partial charge in [-0.3, -0.25) is 4.57 Å². The summed E-state index contributed by atoms with van der Waals surface area (Å²) < 4.78 is 2.30. The van der Waals surface area contributed by atoms with E-state index in [0.717, 1.165) is 28.1 Å². The lowest BCUT2D eigenvalue weighted by atomic mass is 10.0. The van der Waals surface area contributed by atoms with Crippen molar-refractivity contribution in [3.63, 3.8) is 0 Å². The van der Waals surface area contributed by atoms with Gasteiger partial charge in [0.2, 0.25) is 0 Å². The van der Waals surface area contributed by atoms with Crippen LogP contribution in [0.3, 0.4) is 0 Å². The highest BCUT2D eigenvalue weighted by Gasteiger charge is 2.17. The summed E-state index contributed by atoms with van der Waals surface area (Å²) in [6.45, 7) is 0. The summed E-state index contributed by atoms with van der Waals surface area (Å²) >= 11 is 0. The molecule has 0 saturated heterocycles. The molecule has 5 aromatic carbocycles. The molecular formula is C27H18N2. The predicted octanol–water partition coefficient (Wildman–Crippen LogP) is 7.00. The van der Waals surface area contributed by atoms with Gasteiger partial charge in [-0.25, -0.2) is 4.98 Å². The Balaban J connectivity index is 1.77. The number of imidazole rings is 1. The molecule has 1 aromatic heterocycles. The first kappa shape index (κ1) is 16.1. The van der Waals surface area contributed by atoms with Crippen LogP contribution in [0.2, 0.25) is 0 Å². The van der Waals surface area contributed by atoms with Crippen LogP contribution < -0.4 is 0 Å². The predicted molar refractivity (Wildman–Crippen MR) is 122 cm³/mol. The van der Waals surface area contributed by atoms with Crippen LogP contribution in [0.1, 0.15) is 0 Å². The molecule has 2 nitrogen and oxygen atoms in total. The van der Waals surface area contributed by atoms with Crippen LogP contribution in [0, 0.1) is 0 Å². The van der Waals surface area contributed by atoms with Crippen molar-refractivity contribution in [2.45, 2.75) is 0 Å². The number of benzene rings is 5. The van der Waals surface area contributed by atoms with Gasteiger partial charge in [0.15, 0.2) is 0 Å². The van der Waals surface area contributed by atoms with Gasteiger partial charge >= 0.3 is 0 Å². The molecular weight excluding hydrogens is 352 g/mol. The SMILES string of the molecule is c1ccc2c(-c3nc4ccccc4n3-c3cccc4ccccc34)cccc2c1. The fraction of sp³-hybridized carbons (Fsp3) is 0. The zero-order chi connectivity index (χ0) is 19.2. The number of hydrogen-bond acceptors (Lipinski definition) is 1. The summed E-state index contributed by atoms with van der Waals surface area (Å²) in [5, 5.41) is 4.89. The van der Waals surface area contributed by atoms with E-state index in [2.05, 4.69) is 114 Å². The molecule has 6 rings (SSSR count). The van der Waals surface area contributed by atoms with E-state index in [1.807, 2.05) is 0 Å². The summed E-state index contributed by atoms with van der Waals surface area (Å²) in [5.41, 5.74) is 4.42. The molecule has 0 atom stereocenters. The summed E-state index contributed by atoms with van der Waals surface area (Å²) in [4.78, 5) is 5.08. The maximum absolute atomic E-state index is 5.08. The van der Waals surface area contributed by atoms with Gasteiger partial charge in [0.25, 0.3) is 0 Å². The zero-order valence-corrected chi connectivity index (χ0v) is 15.8. The highest BCUT2D eigenvalue weighted by Crippen LogP contribution is 2.35. The van der Waals surface area contributed by atoms with Crippen molar-refractivity contribution >= 4 is 32.6 Å². The minimum absolute atomic E-state index is 0.972. The molecule has 0 fully saturated rings. The molecule has 0 saturated carbocycles. The van der Waals surface area contributed by atoms with E-state index < -0.39 is 0 Å². The second kappa shape index (κ2) is 6.32. The van der Waals surface area contributed by atoms with E-state index in [9.17, 15) is 0 Å². The second-order valence-electron chi connectivity index (χ2n) is 7.28. The summed E-state index contributed by atoms with van der Waals surface area (Å²) in [6, 6.07) is 38.3. The molecule has 0 aliphatic rings. The molecule has 0 aliphatic heterocycles. The Morgan fingerprint density at radius 3 is 2.00 bits per heavy atom. The van der Waals surface area contributed by atoms with E-state index in [-0.39, 0.29) is 0 Å². The largest absolute Gasteiger partial charge is 0.292 e. The summed E-state index contributed by atoms with van der Waals surface area (Å²) in [6.07, 6.45) is 0. The Hall–Kier alpha value is -3.91. The standard InChI is InChI=1S/C27H18N2/c1-3-13-21-19(9-1)11-7-15-23(21)27-28-24-16-5-6-17-26(24)29(27)25-18-8-12-20-10-2-4-14-22(20)25/h1-18H. The van der Waals surface area contributed by atoms with Crippen LogP contribution >= 0.6 is 0 Å². The van der Waals surface area contributed by atoms with Crippen molar-refractivity contribution < 1.29 is 0 Å². The molecule has 2 heteroatoms. The minimum atomic E-state index is 0.972. The van der Waals surface area contributed by atoms with E-state index in [1.54, 1.807) is 0 Å². The Labute approximate surface area is 168 Å². The summed E-state index contributed by atoms with van der Waals surface area (Å²) in [7, 11) is 0. The average molecular weight is 370 g/mol. The Bertz CT molecular complexity index is 1500. The van der Waals surface area contributed by atoms with Gasteiger partial charge in [-0.1, -0.05) is 91.0 Å². The third-order valence-electron chi connectivity index (χ3n) is 5.60. The van der Waals surface area contributed by atoms with Crippen LogP contribution in [-0.2, 0) is 0 Å². The van der Waals surface area contributed by atoms with Crippen molar-refractivity contribution in [2.75, 3.05) is 0 Å². The van der Waals surface area contributed by atoms with Crippen LogP contribution in [0.5, 0.6) is 0 Å². The Kier molecular flexibility index (Phi) is 3.50. The lowest BCUT2D eigenvalue weighted by Crippen LogP contribution is -1.99. The van der Waals surface area contributed by atoms with Crippen LogP contribution in [0.15, 0.2) is 109 Å². The van der Waals surface area contributed by atoms with Crippen LogP contribution in [-0.4, -0.2) is 9.55 Å². The molecule has 6 aromatic rings. The number of rotatable bonds is 2. The molecule has 0 bridgehead atoms. The molecule has 1 heterocycles. The molecule has 0 unspecified atom stereocenters. The van der Waals surface area contributed by atoms with E-state index in [4.69, 9.17) is 4.98 Å². The fourth-order valence-electron chi connectivity index (χ4n) is 4.27. The van der Waals surface area contributed by atoms with Crippen molar-refractivity contribution in [1.29, 1.82) is 0 Å². The third kappa shape index (κ3) is 2.46. The summed E-state index contributed by atoms with van der Waals surface area (Å²) in [5.74, 6) is 0.972. The van der Waals surface area contributed by atoms with E-state index in [1.165, 1.54) is 21.5 Å². The van der Waals surface area contributed by atoms with Gasteiger partial charge in [0, 0.05) is 10.9 Å². The number of hydrogen-bond donors (Lipinski definition) is 0. The molecule has 0 aliphatic carbocycles. The average Bonchev–Trinajstić information content (AvgIpc) is 3.17. The lowest BCUT2D eigenvalue weighted by Gasteiger charge is -2.14. The maximum atomic E-state index is 5.08. The highest BCUT2D eigenvalue weighted by atomic mass is 15.1. The van der Waals surface area contributed by atoms with Crippen LogP contribution in [0.25, 0.3) is 49.7 Å². The second-order valence-corrected chi connectivity index (χ2v) is 7.28. The Morgan fingerprint density at radius 1 is 0.517 bits per heavy atom. The number of fused-ring (bicyclic) bond motifs is 3. The minimum Gasteiger partial charge on any atom is -0.292 e. The number of nitrogens with zero attached hydrogens (tertiary/aromatic N) is 2. The van der Waals surface area contributed by atoms with Gasteiger partial charge in [-0.05, 0) is 34.4 Å². The van der Waals surface area contributed by atoms with Gasteiger partial charge < -0.3 is 0 Å². The molecule has 29 heavy (non-hydrogen) atoms. The zero-order valence-electron chi connectivity index (χ0n) is 15.8. The number of aromatic nitrogens is 2. The van der Waals surface area contributed by atoms with Crippen LogP contribution in [0.4, 0.5) is 0 Å². The van der Waals surface area contributed by atoms with E-state index >= 15 is 0 Å². The van der Waals surface area contributed by atoms with E-state index in [0.29, 0.717) is 0 Å². The molecule has 0 amide bonds. The van der Waals surface area contributed by atoms with Gasteiger partial charge in [0.05, 0.1) is 16.7 Å². The molecule has 0 radical (unpaired) electrons. The molecule has 0 N–H and O–H groups in total. The Morgan fingerprint density at radius 2 is 1.14 bits per heavy atom. The topological polar surface area (TPSA) is 17.8 Å². The molecule has 0 spiro atoms. The van der Waals surface area contributed by atoms with Crippen molar-refractivity contribution in [3.8, 4) is 17.1 Å². The number of para-hydroxylation sites is 2. The third-order valence-corrected chi connectivity index (χ3v) is 5.60. The van der Waals surface area contributed by atoms with Crippen molar-refractivity contribution in [3.05, 3.63) is 109 Å². The quantitative estimate of drug-likeness (QED) is 0.321. The van der Waals surface area contributed by atoms with Gasteiger partial charge in [-0.15, -0.1) is 0 Å². The smallest absolute Gasteiger partial charge is 0.146 e. The maximum Gasteiger partial charge on any atom is 0.146 e. The first-order chi connectivity index (χ1) is 14.4. The van der Waals surface area contributed by atoms with Gasteiger partial charge in [-0.2, -0.15) is 0 Å².